The molecule has 1 aliphatic rings. The van der Waals surface area contributed by atoms with E-state index in [0.29, 0.717) is 17.7 Å². The van der Waals surface area contributed by atoms with Crippen molar-refractivity contribution in [2.75, 3.05) is 13.7 Å². The lowest BCUT2D eigenvalue weighted by Gasteiger charge is -2.27. The zero-order valence-electron chi connectivity index (χ0n) is 14.3. The van der Waals surface area contributed by atoms with Crippen LogP contribution in [0.25, 0.3) is 0 Å². The van der Waals surface area contributed by atoms with Crippen molar-refractivity contribution in [3.05, 3.63) is 40.5 Å². The average Bonchev–Trinajstić information content (AvgIpc) is 2.60. The third-order valence-corrected chi connectivity index (χ3v) is 4.64. The molecule has 3 rings (SSSR count). The second kappa shape index (κ2) is 6.20. The number of phenolic OH excluding ortho intramolecular Hbond substituents is 3. The summed E-state index contributed by atoms with van der Waals surface area (Å²) in [7, 11) is 1.47. The van der Waals surface area contributed by atoms with Gasteiger partial charge < -0.3 is 24.8 Å². The molecular weight excluding hydrogens is 324 g/mol. The predicted molar refractivity (Wildman–Crippen MR) is 90.9 cm³/mol. The number of carbonyl (C=O) groups is 1. The molecule has 25 heavy (non-hydrogen) atoms. The fraction of sp³-hybridized carbons (Fsp3) is 0.316. The smallest absolute Gasteiger partial charge is 0.177 e. The summed E-state index contributed by atoms with van der Waals surface area (Å²) < 4.78 is 10.7. The van der Waals surface area contributed by atoms with Crippen LogP contribution in [0.3, 0.4) is 0 Å². The Hall–Kier alpha value is -2.89. The second-order valence-corrected chi connectivity index (χ2v) is 6.23. The van der Waals surface area contributed by atoms with E-state index in [1.807, 2.05) is 0 Å². The van der Waals surface area contributed by atoms with Crippen LogP contribution in [0.5, 0.6) is 28.7 Å². The fourth-order valence-electron chi connectivity index (χ4n) is 3.15. The Labute approximate surface area is 145 Å². The number of hydrogen-bond donors (Lipinski definition) is 3. The van der Waals surface area contributed by atoms with Gasteiger partial charge in [0.05, 0.1) is 19.6 Å². The highest BCUT2D eigenvalue weighted by Crippen LogP contribution is 2.45. The van der Waals surface area contributed by atoms with Crippen molar-refractivity contribution in [2.24, 2.45) is 5.92 Å². The van der Waals surface area contributed by atoms with Crippen LogP contribution < -0.4 is 9.47 Å². The maximum Gasteiger partial charge on any atom is 0.177 e. The number of Topliss-reactive ketones (excluding diaryl/α,β-unsaturated/α-hetero) is 1. The zero-order chi connectivity index (χ0) is 18.3. The first-order valence-electron chi connectivity index (χ1n) is 7.93. The van der Waals surface area contributed by atoms with Gasteiger partial charge in [-0.3, -0.25) is 4.79 Å². The van der Waals surface area contributed by atoms with Gasteiger partial charge in [0.25, 0.3) is 0 Å². The van der Waals surface area contributed by atoms with E-state index >= 15 is 0 Å². The van der Waals surface area contributed by atoms with Crippen molar-refractivity contribution in [2.45, 2.75) is 20.3 Å². The van der Waals surface area contributed by atoms with Crippen molar-refractivity contribution in [1.29, 1.82) is 0 Å². The maximum absolute atomic E-state index is 12.9. The molecule has 1 atom stereocenters. The van der Waals surface area contributed by atoms with Gasteiger partial charge in [0.15, 0.2) is 17.3 Å². The van der Waals surface area contributed by atoms with Crippen molar-refractivity contribution < 1.29 is 29.6 Å². The minimum absolute atomic E-state index is 0.00374. The Morgan fingerprint density at radius 1 is 1.16 bits per heavy atom. The number of rotatable bonds is 3. The normalized spacial score (nSPS) is 16.3. The van der Waals surface area contributed by atoms with Gasteiger partial charge in [0, 0.05) is 11.1 Å². The summed E-state index contributed by atoms with van der Waals surface area (Å²) in [6.45, 7) is 3.34. The van der Waals surface area contributed by atoms with Crippen LogP contribution in [0.15, 0.2) is 18.2 Å². The molecule has 0 amide bonds. The fourth-order valence-corrected chi connectivity index (χ4v) is 3.15. The van der Waals surface area contributed by atoms with Crippen LogP contribution in [0.4, 0.5) is 0 Å². The summed E-state index contributed by atoms with van der Waals surface area (Å²) >= 11 is 0. The quantitative estimate of drug-likeness (QED) is 0.792. The molecule has 0 bridgehead atoms. The Kier molecular flexibility index (Phi) is 4.20. The molecule has 1 aliphatic heterocycles. The molecule has 3 N–H and O–H groups in total. The first-order chi connectivity index (χ1) is 11.8. The summed E-state index contributed by atoms with van der Waals surface area (Å²) in [4.78, 5) is 12.9. The standard InChI is InChI=1S/C19H20O6/c1-9-16(21)10(2)19-15(17(9)22)18(23)12(8-25-19)6-11-4-5-14(24-3)13(20)7-11/h4-5,7,12,20-22H,6,8H2,1-3H3/t12-/m1/s1. The first-order valence-corrected chi connectivity index (χ1v) is 7.93. The molecule has 0 spiro atoms. The largest absolute Gasteiger partial charge is 0.507 e. The molecule has 132 valence electrons. The van der Waals surface area contributed by atoms with Crippen LogP contribution >= 0.6 is 0 Å². The van der Waals surface area contributed by atoms with Crippen molar-refractivity contribution in [3.8, 4) is 28.7 Å². The SMILES string of the molecule is COc1ccc(C[C@@H]2COc3c(C)c(O)c(C)c(O)c3C2=O)cc1O. The maximum atomic E-state index is 12.9. The van der Waals surface area contributed by atoms with Crippen LogP contribution in [-0.4, -0.2) is 34.8 Å². The van der Waals surface area contributed by atoms with E-state index in [9.17, 15) is 20.1 Å². The van der Waals surface area contributed by atoms with Gasteiger partial charge >= 0.3 is 0 Å². The highest BCUT2D eigenvalue weighted by molar-refractivity contribution is 6.05. The molecular formula is C19H20O6. The molecule has 0 unspecified atom stereocenters. The molecule has 2 aromatic rings. The van der Waals surface area contributed by atoms with Gasteiger partial charge in [-0.25, -0.2) is 0 Å². The van der Waals surface area contributed by atoms with Crippen LogP contribution in [0.1, 0.15) is 27.0 Å². The van der Waals surface area contributed by atoms with Crippen LogP contribution in [0, 0.1) is 19.8 Å². The number of fused-ring (bicyclic) bond motifs is 1. The summed E-state index contributed by atoms with van der Waals surface area (Å²) in [5.74, 6) is -0.439. The molecule has 6 nitrogen and oxygen atoms in total. The lowest BCUT2D eigenvalue weighted by Crippen LogP contribution is -2.30. The van der Waals surface area contributed by atoms with Crippen molar-refractivity contribution in [3.63, 3.8) is 0 Å². The molecule has 0 aromatic heterocycles. The molecule has 2 aromatic carbocycles. The Morgan fingerprint density at radius 2 is 1.88 bits per heavy atom. The number of ether oxygens (including phenoxy) is 2. The number of methoxy groups -OCH3 is 1. The van der Waals surface area contributed by atoms with Gasteiger partial charge in [-0.15, -0.1) is 0 Å². The summed E-state index contributed by atoms with van der Waals surface area (Å²) in [5.41, 5.74) is 1.58. The topological polar surface area (TPSA) is 96.2 Å². The second-order valence-electron chi connectivity index (χ2n) is 6.23. The van der Waals surface area contributed by atoms with E-state index in [1.54, 1.807) is 32.0 Å². The average molecular weight is 344 g/mol. The molecule has 0 fully saturated rings. The van der Waals surface area contributed by atoms with E-state index in [1.165, 1.54) is 7.11 Å². The first kappa shape index (κ1) is 17.0. The van der Waals surface area contributed by atoms with Crippen LogP contribution in [-0.2, 0) is 6.42 Å². The summed E-state index contributed by atoms with van der Waals surface area (Å²) in [5, 5.41) is 30.2. The summed E-state index contributed by atoms with van der Waals surface area (Å²) in [6.07, 6.45) is 0.355. The number of phenols is 3. The molecule has 0 saturated heterocycles. The predicted octanol–water partition coefficient (Wildman–Crippen LogP) is 2.86. The van der Waals surface area contributed by atoms with Gasteiger partial charge in [-0.1, -0.05) is 6.07 Å². The Morgan fingerprint density at radius 3 is 2.52 bits per heavy atom. The number of carbonyl (C=O) groups excluding carboxylic acids is 1. The third kappa shape index (κ3) is 2.73. The monoisotopic (exact) mass is 344 g/mol. The highest BCUT2D eigenvalue weighted by atomic mass is 16.5. The van der Waals surface area contributed by atoms with E-state index in [2.05, 4.69) is 0 Å². The number of hydrogen-bond acceptors (Lipinski definition) is 6. The van der Waals surface area contributed by atoms with Crippen LogP contribution in [0.2, 0.25) is 0 Å². The number of ketones is 1. The molecule has 0 aliphatic carbocycles. The lowest BCUT2D eigenvalue weighted by atomic mass is 9.87. The van der Waals surface area contributed by atoms with Crippen molar-refractivity contribution in [1.82, 2.24) is 0 Å². The van der Waals surface area contributed by atoms with Gasteiger partial charge in [0.2, 0.25) is 0 Å². The molecule has 6 heteroatoms. The van der Waals surface area contributed by atoms with Gasteiger partial charge in [-0.05, 0) is 38.0 Å². The minimum atomic E-state index is -0.491. The number of benzene rings is 2. The van der Waals surface area contributed by atoms with E-state index < -0.39 is 5.92 Å². The van der Waals surface area contributed by atoms with Crippen molar-refractivity contribution >= 4 is 5.78 Å². The molecule has 1 heterocycles. The zero-order valence-corrected chi connectivity index (χ0v) is 14.3. The molecule has 0 radical (unpaired) electrons. The van der Waals surface area contributed by atoms with E-state index in [4.69, 9.17) is 9.47 Å². The lowest BCUT2D eigenvalue weighted by molar-refractivity contribution is 0.0824. The Balaban J connectivity index is 1.93. The highest BCUT2D eigenvalue weighted by Gasteiger charge is 2.35. The Bertz CT molecular complexity index is 856. The summed E-state index contributed by atoms with van der Waals surface area (Å²) in [6, 6.07) is 4.96. The molecule has 0 saturated carbocycles. The van der Waals surface area contributed by atoms with Gasteiger partial charge in [0.1, 0.15) is 22.8 Å². The minimum Gasteiger partial charge on any atom is -0.507 e. The van der Waals surface area contributed by atoms with E-state index in [0.717, 1.165) is 5.56 Å². The number of aromatic hydroxyl groups is 3. The van der Waals surface area contributed by atoms with E-state index in [-0.39, 0.29) is 46.5 Å². The third-order valence-electron chi connectivity index (χ3n) is 4.64. The van der Waals surface area contributed by atoms with Gasteiger partial charge in [-0.2, -0.15) is 0 Å².